The minimum absolute atomic E-state index is 0.542. The second-order valence-electron chi connectivity index (χ2n) is 7.56. The van der Waals surface area contributed by atoms with Gasteiger partial charge in [-0.05, 0) is 74.6 Å². The molecule has 3 aromatic rings. The zero-order valence-electron chi connectivity index (χ0n) is 16.4. The molecule has 0 radical (unpaired) electrons. The van der Waals surface area contributed by atoms with Crippen molar-refractivity contribution in [2.24, 2.45) is 0 Å². The molecular weight excluding hydrogens is 334 g/mol. The highest BCUT2D eigenvalue weighted by Crippen LogP contribution is 2.24. The number of aryl methyl sites for hydroxylation is 3. The topological polar surface area (TPSA) is 53.9 Å². The molecule has 1 aromatic carbocycles. The first-order chi connectivity index (χ1) is 13.1. The summed E-state index contributed by atoms with van der Waals surface area (Å²) < 4.78 is 0. The number of benzene rings is 1. The van der Waals surface area contributed by atoms with Gasteiger partial charge in [0, 0.05) is 43.5 Å². The maximum Gasteiger partial charge on any atom is 0.226 e. The molecule has 0 spiro atoms. The molecule has 1 aliphatic heterocycles. The largest absolute Gasteiger partial charge is 0.341 e. The van der Waals surface area contributed by atoms with E-state index in [0.29, 0.717) is 6.04 Å². The summed E-state index contributed by atoms with van der Waals surface area (Å²) in [7, 11) is 0. The Balaban J connectivity index is 1.42. The maximum atomic E-state index is 4.87. The number of rotatable bonds is 4. The first kappa shape index (κ1) is 17.9. The lowest BCUT2D eigenvalue weighted by molar-refractivity contribution is 0.411. The average Bonchev–Trinajstić information content (AvgIpc) is 2.69. The van der Waals surface area contributed by atoms with Gasteiger partial charge in [-0.1, -0.05) is 0 Å². The second kappa shape index (κ2) is 7.61. The quantitative estimate of drug-likeness (QED) is 0.768. The van der Waals surface area contributed by atoms with Crippen molar-refractivity contribution in [3.8, 4) is 0 Å². The van der Waals surface area contributed by atoms with Gasteiger partial charge in [-0.15, -0.1) is 0 Å². The highest BCUT2D eigenvalue weighted by molar-refractivity contribution is 5.83. The molecule has 1 fully saturated rings. The number of nitrogens with zero attached hydrogens (tertiary/aromatic N) is 4. The lowest BCUT2D eigenvalue weighted by Gasteiger charge is -2.32. The van der Waals surface area contributed by atoms with E-state index in [9.17, 15) is 0 Å². The van der Waals surface area contributed by atoms with Crippen LogP contribution in [0.4, 0.5) is 5.95 Å². The molecular formula is C22H27N5. The fourth-order valence-corrected chi connectivity index (χ4v) is 3.71. The lowest BCUT2D eigenvalue weighted by atomic mass is 10.0. The zero-order valence-corrected chi connectivity index (χ0v) is 16.4. The van der Waals surface area contributed by atoms with Gasteiger partial charge in [-0.3, -0.25) is 4.98 Å². The lowest BCUT2D eigenvalue weighted by Crippen LogP contribution is -2.43. The van der Waals surface area contributed by atoms with Crippen molar-refractivity contribution in [2.75, 3.05) is 18.0 Å². The van der Waals surface area contributed by atoms with E-state index in [4.69, 9.17) is 9.97 Å². The highest BCUT2D eigenvalue weighted by atomic mass is 15.3. The van der Waals surface area contributed by atoms with E-state index >= 15 is 0 Å². The summed E-state index contributed by atoms with van der Waals surface area (Å²) in [6, 6.07) is 9.07. The predicted molar refractivity (Wildman–Crippen MR) is 110 cm³/mol. The fourth-order valence-electron chi connectivity index (χ4n) is 3.71. The number of aromatic nitrogens is 3. The summed E-state index contributed by atoms with van der Waals surface area (Å²) >= 11 is 0. The molecule has 3 heterocycles. The van der Waals surface area contributed by atoms with Crippen LogP contribution in [0.25, 0.3) is 10.9 Å². The fraction of sp³-hybridized carbons (Fsp3) is 0.409. The van der Waals surface area contributed by atoms with Gasteiger partial charge < -0.3 is 10.2 Å². The molecule has 140 valence electrons. The Labute approximate surface area is 160 Å². The molecule has 1 saturated heterocycles. The summed E-state index contributed by atoms with van der Waals surface area (Å²) in [4.78, 5) is 16.1. The monoisotopic (exact) mass is 361 g/mol. The molecule has 0 aliphatic carbocycles. The van der Waals surface area contributed by atoms with Crippen LogP contribution in [0.2, 0.25) is 0 Å². The Morgan fingerprint density at radius 1 is 1.00 bits per heavy atom. The first-order valence-electron chi connectivity index (χ1n) is 9.73. The predicted octanol–water partition coefficient (Wildman–Crippen LogP) is 3.71. The molecule has 0 saturated carbocycles. The molecule has 0 bridgehead atoms. The van der Waals surface area contributed by atoms with Gasteiger partial charge in [-0.25, -0.2) is 9.97 Å². The summed E-state index contributed by atoms with van der Waals surface area (Å²) in [6.45, 7) is 9.26. The number of piperidine rings is 1. The molecule has 2 aromatic heterocycles. The van der Waals surface area contributed by atoms with E-state index in [-0.39, 0.29) is 0 Å². The van der Waals surface area contributed by atoms with E-state index in [1.165, 1.54) is 16.7 Å². The van der Waals surface area contributed by atoms with Crippen LogP contribution >= 0.6 is 0 Å². The Bertz CT molecular complexity index is 930. The van der Waals surface area contributed by atoms with Crippen LogP contribution in [0.3, 0.4) is 0 Å². The van der Waals surface area contributed by atoms with E-state index in [0.717, 1.165) is 55.0 Å². The first-order valence-corrected chi connectivity index (χ1v) is 9.73. The van der Waals surface area contributed by atoms with Crippen LogP contribution in [0.5, 0.6) is 0 Å². The van der Waals surface area contributed by atoms with Crippen molar-refractivity contribution in [1.82, 2.24) is 20.3 Å². The summed E-state index contributed by atoms with van der Waals surface area (Å²) in [5.41, 5.74) is 5.98. The Morgan fingerprint density at radius 3 is 2.44 bits per heavy atom. The van der Waals surface area contributed by atoms with Crippen molar-refractivity contribution < 1.29 is 0 Å². The van der Waals surface area contributed by atoms with Gasteiger partial charge in [0.1, 0.15) is 0 Å². The number of pyridine rings is 1. The molecule has 5 nitrogen and oxygen atoms in total. The van der Waals surface area contributed by atoms with E-state index in [1.54, 1.807) is 0 Å². The molecule has 0 amide bonds. The average molecular weight is 361 g/mol. The normalized spacial score (nSPS) is 15.4. The van der Waals surface area contributed by atoms with Crippen LogP contribution in [0.15, 0.2) is 36.7 Å². The summed E-state index contributed by atoms with van der Waals surface area (Å²) in [5, 5.41) is 4.83. The molecule has 4 rings (SSSR count). The van der Waals surface area contributed by atoms with E-state index < -0.39 is 0 Å². The van der Waals surface area contributed by atoms with Crippen LogP contribution in [0.1, 0.15) is 35.2 Å². The third-order valence-corrected chi connectivity index (χ3v) is 5.61. The van der Waals surface area contributed by atoms with Crippen molar-refractivity contribution in [1.29, 1.82) is 0 Å². The van der Waals surface area contributed by atoms with Crippen molar-refractivity contribution in [3.05, 3.63) is 59.0 Å². The number of hydrogen-bond donors (Lipinski definition) is 1. The second-order valence-corrected chi connectivity index (χ2v) is 7.56. The van der Waals surface area contributed by atoms with Crippen molar-refractivity contribution in [2.45, 2.75) is 46.2 Å². The Morgan fingerprint density at radius 2 is 1.70 bits per heavy atom. The number of nitrogens with one attached hydrogen (secondary N) is 1. The summed E-state index contributed by atoms with van der Waals surface area (Å²) in [5.74, 6) is 0.871. The van der Waals surface area contributed by atoms with Crippen LogP contribution in [0, 0.1) is 20.8 Å². The highest BCUT2D eigenvalue weighted by Gasteiger charge is 2.21. The van der Waals surface area contributed by atoms with Gasteiger partial charge in [0.05, 0.1) is 11.2 Å². The number of fused-ring (bicyclic) bond motifs is 1. The minimum atomic E-state index is 0.542. The third kappa shape index (κ3) is 3.93. The van der Waals surface area contributed by atoms with Gasteiger partial charge in [0.15, 0.2) is 0 Å². The minimum Gasteiger partial charge on any atom is -0.341 e. The van der Waals surface area contributed by atoms with E-state index in [1.807, 2.05) is 12.4 Å². The third-order valence-electron chi connectivity index (χ3n) is 5.61. The molecule has 1 N–H and O–H groups in total. The molecule has 1 aliphatic rings. The van der Waals surface area contributed by atoms with Crippen molar-refractivity contribution in [3.63, 3.8) is 0 Å². The molecule has 0 unspecified atom stereocenters. The number of anilines is 1. The van der Waals surface area contributed by atoms with Gasteiger partial charge in [-0.2, -0.15) is 0 Å². The summed E-state index contributed by atoms with van der Waals surface area (Å²) in [6.07, 6.45) is 5.92. The smallest absolute Gasteiger partial charge is 0.226 e. The Kier molecular flexibility index (Phi) is 5.03. The molecule has 27 heavy (non-hydrogen) atoms. The van der Waals surface area contributed by atoms with Crippen molar-refractivity contribution >= 4 is 16.9 Å². The van der Waals surface area contributed by atoms with Crippen LogP contribution < -0.4 is 10.2 Å². The standard InChI is InChI=1S/C22H27N5/c1-15-12-20-17(3)25-22(26-21(20)13-16(15)2)27-10-6-19(7-11-27)24-14-18-4-8-23-9-5-18/h4-5,8-9,12-13,19,24H,6-7,10-11,14H2,1-3H3. The maximum absolute atomic E-state index is 4.87. The molecule has 5 heteroatoms. The zero-order chi connectivity index (χ0) is 18.8. The molecule has 0 atom stereocenters. The van der Waals surface area contributed by atoms with Crippen LogP contribution in [-0.4, -0.2) is 34.1 Å². The SMILES string of the molecule is Cc1cc2nc(N3CCC(NCc4ccncc4)CC3)nc(C)c2cc1C. The van der Waals surface area contributed by atoms with Gasteiger partial charge in [0.2, 0.25) is 5.95 Å². The van der Waals surface area contributed by atoms with Gasteiger partial charge >= 0.3 is 0 Å². The Hall–Kier alpha value is -2.53. The van der Waals surface area contributed by atoms with E-state index in [2.05, 4.69) is 60.2 Å². The van der Waals surface area contributed by atoms with Crippen LogP contribution in [-0.2, 0) is 6.54 Å². The van der Waals surface area contributed by atoms with Gasteiger partial charge in [0.25, 0.3) is 0 Å². The number of hydrogen-bond acceptors (Lipinski definition) is 5.